The van der Waals surface area contributed by atoms with Crippen molar-refractivity contribution in [3.8, 4) is 0 Å². The second kappa shape index (κ2) is 6.72. The summed E-state index contributed by atoms with van der Waals surface area (Å²) in [5.74, 6) is 0. The second-order valence-electron chi connectivity index (χ2n) is 4.90. The van der Waals surface area contributed by atoms with Gasteiger partial charge in [0.25, 0.3) is 0 Å². The zero-order chi connectivity index (χ0) is 13.7. The van der Waals surface area contributed by atoms with Crippen molar-refractivity contribution in [2.24, 2.45) is 0 Å². The largest absolute Gasteiger partial charge is 0.256 e. The van der Waals surface area contributed by atoms with Crippen LogP contribution in [0.25, 0.3) is 17.0 Å². The quantitative estimate of drug-likeness (QED) is 0.628. The summed E-state index contributed by atoms with van der Waals surface area (Å²) in [4.78, 5) is 4.48. The first kappa shape index (κ1) is 14.1. The molecule has 0 fully saturated rings. The SMILES string of the molecule is CCCCC/C=C/c1cnc2cc(Cl)ccc2c1C. The standard InChI is InChI=1S/C17H20ClN/c1-3-4-5-6-7-8-14-12-19-17-11-15(18)9-10-16(17)13(14)2/h7-12H,3-6H2,1-2H3/b8-7+. The van der Waals surface area contributed by atoms with Gasteiger partial charge in [0.05, 0.1) is 5.52 Å². The van der Waals surface area contributed by atoms with E-state index >= 15 is 0 Å². The Kier molecular flexibility index (Phi) is 4.98. The van der Waals surface area contributed by atoms with E-state index in [2.05, 4.69) is 37.0 Å². The van der Waals surface area contributed by atoms with Gasteiger partial charge in [-0.15, -0.1) is 0 Å². The molecular weight excluding hydrogens is 254 g/mol. The summed E-state index contributed by atoms with van der Waals surface area (Å²) < 4.78 is 0. The van der Waals surface area contributed by atoms with E-state index in [1.54, 1.807) is 0 Å². The summed E-state index contributed by atoms with van der Waals surface area (Å²) in [6.45, 7) is 4.37. The molecule has 0 atom stereocenters. The van der Waals surface area contributed by atoms with Gasteiger partial charge in [0.1, 0.15) is 0 Å². The van der Waals surface area contributed by atoms with Crippen molar-refractivity contribution in [3.05, 3.63) is 46.6 Å². The van der Waals surface area contributed by atoms with Crippen LogP contribution in [0.1, 0.15) is 43.7 Å². The van der Waals surface area contributed by atoms with Crippen molar-refractivity contribution in [1.29, 1.82) is 0 Å². The summed E-state index contributed by atoms with van der Waals surface area (Å²) in [5, 5.41) is 1.92. The maximum Gasteiger partial charge on any atom is 0.0719 e. The van der Waals surface area contributed by atoms with E-state index in [1.807, 2.05) is 18.3 Å². The van der Waals surface area contributed by atoms with Crippen LogP contribution in [0, 0.1) is 6.92 Å². The van der Waals surface area contributed by atoms with Crippen molar-refractivity contribution >= 4 is 28.6 Å². The fraction of sp³-hybridized carbons (Fsp3) is 0.353. The number of aromatic nitrogens is 1. The van der Waals surface area contributed by atoms with Crippen molar-refractivity contribution in [3.63, 3.8) is 0 Å². The predicted molar refractivity (Wildman–Crippen MR) is 84.7 cm³/mol. The average molecular weight is 274 g/mol. The lowest BCUT2D eigenvalue weighted by Crippen LogP contribution is -1.87. The van der Waals surface area contributed by atoms with Gasteiger partial charge in [-0.1, -0.05) is 49.6 Å². The molecule has 0 saturated heterocycles. The third kappa shape index (κ3) is 3.57. The number of hydrogen-bond donors (Lipinski definition) is 0. The molecule has 0 amide bonds. The number of benzene rings is 1. The van der Waals surface area contributed by atoms with Gasteiger partial charge in [0.2, 0.25) is 0 Å². The first-order chi connectivity index (χ1) is 9.22. The molecule has 0 saturated carbocycles. The monoisotopic (exact) mass is 273 g/mol. The Morgan fingerprint density at radius 2 is 2.11 bits per heavy atom. The first-order valence-corrected chi connectivity index (χ1v) is 7.31. The van der Waals surface area contributed by atoms with Crippen LogP contribution >= 0.6 is 11.6 Å². The molecule has 0 radical (unpaired) electrons. The third-order valence-electron chi connectivity index (χ3n) is 3.41. The number of halogens is 1. The zero-order valence-electron chi connectivity index (χ0n) is 11.6. The Morgan fingerprint density at radius 1 is 1.26 bits per heavy atom. The molecule has 19 heavy (non-hydrogen) atoms. The highest BCUT2D eigenvalue weighted by molar-refractivity contribution is 6.31. The lowest BCUT2D eigenvalue weighted by Gasteiger charge is -2.05. The zero-order valence-corrected chi connectivity index (χ0v) is 12.4. The molecule has 1 aromatic heterocycles. The van der Waals surface area contributed by atoms with Crippen LogP contribution < -0.4 is 0 Å². The molecule has 100 valence electrons. The van der Waals surface area contributed by atoms with Gasteiger partial charge >= 0.3 is 0 Å². The van der Waals surface area contributed by atoms with E-state index in [0.29, 0.717) is 0 Å². The van der Waals surface area contributed by atoms with Crippen molar-refractivity contribution in [2.45, 2.75) is 39.5 Å². The number of nitrogens with zero attached hydrogens (tertiary/aromatic N) is 1. The Labute approximate surface area is 120 Å². The molecule has 2 aromatic rings. The van der Waals surface area contributed by atoms with E-state index in [1.165, 1.54) is 35.8 Å². The minimum Gasteiger partial charge on any atom is -0.256 e. The van der Waals surface area contributed by atoms with Crippen LogP contribution in [0.4, 0.5) is 0 Å². The van der Waals surface area contributed by atoms with E-state index in [4.69, 9.17) is 11.6 Å². The number of hydrogen-bond acceptors (Lipinski definition) is 1. The summed E-state index contributed by atoms with van der Waals surface area (Å²) in [6, 6.07) is 5.89. The normalized spacial score (nSPS) is 11.5. The maximum absolute atomic E-state index is 5.99. The minimum atomic E-state index is 0.738. The molecule has 0 unspecified atom stereocenters. The highest BCUT2D eigenvalue weighted by Gasteiger charge is 2.03. The van der Waals surface area contributed by atoms with Crippen molar-refractivity contribution in [2.75, 3.05) is 0 Å². The Balaban J connectivity index is 2.20. The van der Waals surface area contributed by atoms with Gasteiger partial charge in [-0.2, -0.15) is 0 Å². The molecule has 0 spiro atoms. The van der Waals surface area contributed by atoms with Crippen molar-refractivity contribution in [1.82, 2.24) is 4.98 Å². The molecule has 0 aliphatic heterocycles. The molecule has 1 nitrogen and oxygen atoms in total. The fourth-order valence-electron chi connectivity index (χ4n) is 2.21. The molecular formula is C17H20ClN. The van der Waals surface area contributed by atoms with Gasteiger partial charge < -0.3 is 0 Å². The predicted octanol–water partition coefficient (Wildman–Crippen LogP) is 5.79. The molecule has 2 heteroatoms. The molecule has 0 aliphatic rings. The van der Waals surface area contributed by atoms with E-state index in [0.717, 1.165) is 17.0 Å². The van der Waals surface area contributed by atoms with Crippen molar-refractivity contribution < 1.29 is 0 Å². The molecule has 2 rings (SSSR count). The molecule has 0 N–H and O–H groups in total. The third-order valence-corrected chi connectivity index (χ3v) is 3.65. The van der Waals surface area contributed by atoms with E-state index in [9.17, 15) is 0 Å². The first-order valence-electron chi connectivity index (χ1n) is 6.93. The van der Waals surface area contributed by atoms with Gasteiger partial charge in [-0.05, 0) is 43.0 Å². The summed E-state index contributed by atoms with van der Waals surface area (Å²) in [7, 11) is 0. The molecule has 1 aromatic carbocycles. The lowest BCUT2D eigenvalue weighted by molar-refractivity contribution is 0.730. The van der Waals surface area contributed by atoms with Gasteiger partial charge in [0, 0.05) is 16.6 Å². The highest BCUT2D eigenvalue weighted by atomic mass is 35.5. The molecule has 0 bridgehead atoms. The number of pyridine rings is 1. The average Bonchev–Trinajstić information content (AvgIpc) is 2.41. The Morgan fingerprint density at radius 3 is 2.89 bits per heavy atom. The van der Waals surface area contributed by atoms with E-state index in [-0.39, 0.29) is 0 Å². The lowest BCUT2D eigenvalue weighted by atomic mass is 10.0. The number of rotatable bonds is 5. The van der Waals surface area contributed by atoms with Gasteiger partial charge in [-0.3, -0.25) is 4.98 Å². The number of unbranched alkanes of at least 4 members (excludes halogenated alkanes) is 3. The molecule has 0 aliphatic carbocycles. The van der Waals surface area contributed by atoms with E-state index < -0.39 is 0 Å². The Hall–Kier alpha value is -1.34. The van der Waals surface area contributed by atoms with Crippen LogP contribution in [0.15, 0.2) is 30.5 Å². The van der Waals surface area contributed by atoms with Gasteiger partial charge in [0.15, 0.2) is 0 Å². The smallest absolute Gasteiger partial charge is 0.0719 e. The maximum atomic E-state index is 5.99. The number of aryl methyl sites for hydroxylation is 1. The molecule has 1 heterocycles. The number of allylic oxidation sites excluding steroid dienone is 1. The highest BCUT2D eigenvalue weighted by Crippen LogP contribution is 2.23. The van der Waals surface area contributed by atoms with Crippen LogP contribution in [-0.2, 0) is 0 Å². The summed E-state index contributed by atoms with van der Waals surface area (Å²) >= 11 is 5.99. The van der Waals surface area contributed by atoms with Crippen LogP contribution in [0.2, 0.25) is 5.02 Å². The summed E-state index contributed by atoms with van der Waals surface area (Å²) in [5.41, 5.74) is 3.44. The number of fused-ring (bicyclic) bond motifs is 1. The summed E-state index contributed by atoms with van der Waals surface area (Å²) in [6.07, 6.45) is 11.4. The Bertz CT molecular complexity index is 587. The topological polar surface area (TPSA) is 12.9 Å². The minimum absolute atomic E-state index is 0.738. The van der Waals surface area contributed by atoms with Crippen LogP contribution in [0.5, 0.6) is 0 Å². The second-order valence-corrected chi connectivity index (χ2v) is 5.33. The van der Waals surface area contributed by atoms with Crippen LogP contribution in [0.3, 0.4) is 0 Å². The van der Waals surface area contributed by atoms with Crippen LogP contribution in [-0.4, -0.2) is 4.98 Å². The van der Waals surface area contributed by atoms with Gasteiger partial charge in [-0.25, -0.2) is 0 Å². The fourth-order valence-corrected chi connectivity index (χ4v) is 2.38.